The fourth-order valence-electron chi connectivity index (χ4n) is 3.04. The minimum Gasteiger partial charge on any atom is -0.349 e. The lowest BCUT2D eigenvalue weighted by atomic mass is 9.95. The van der Waals surface area contributed by atoms with Crippen molar-refractivity contribution in [1.82, 2.24) is 5.32 Å². The van der Waals surface area contributed by atoms with Crippen molar-refractivity contribution < 1.29 is 13.6 Å². The Kier molecular flexibility index (Phi) is 4.78. The Morgan fingerprint density at radius 3 is 2.68 bits per heavy atom. The van der Waals surface area contributed by atoms with Crippen molar-refractivity contribution in [2.45, 2.75) is 37.6 Å². The van der Waals surface area contributed by atoms with Crippen LogP contribution in [-0.4, -0.2) is 18.0 Å². The zero-order valence-corrected chi connectivity index (χ0v) is 13.3. The van der Waals surface area contributed by atoms with E-state index in [9.17, 15) is 13.6 Å². The third kappa shape index (κ3) is 3.25. The van der Waals surface area contributed by atoms with Crippen LogP contribution in [0.1, 0.15) is 37.7 Å². The van der Waals surface area contributed by atoms with Crippen LogP contribution in [-0.2, 0) is 4.79 Å². The molecular weight excluding hydrogens is 310 g/mol. The van der Waals surface area contributed by atoms with Crippen LogP contribution >= 0.6 is 12.4 Å². The van der Waals surface area contributed by atoms with Gasteiger partial charge >= 0.3 is 0 Å². The van der Waals surface area contributed by atoms with Gasteiger partial charge in [0.1, 0.15) is 11.6 Å². The Hall–Kier alpha value is -1.20. The second kappa shape index (κ2) is 6.13. The highest BCUT2D eigenvalue weighted by molar-refractivity contribution is 5.85. The molecule has 3 unspecified atom stereocenters. The number of carbonyl (C=O) groups is 1. The molecule has 2 aliphatic carbocycles. The summed E-state index contributed by atoms with van der Waals surface area (Å²) >= 11 is 0. The van der Waals surface area contributed by atoms with E-state index in [-0.39, 0.29) is 35.7 Å². The van der Waals surface area contributed by atoms with E-state index in [2.05, 4.69) is 5.32 Å². The van der Waals surface area contributed by atoms with Crippen LogP contribution in [0.3, 0.4) is 0 Å². The van der Waals surface area contributed by atoms with E-state index < -0.39 is 11.6 Å². The third-order valence-corrected chi connectivity index (χ3v) is 4.80. The molecule has 3 atom stereocenters. The summed E-state index contributed by atoms with van der Waals surface area (Å²) in [5.41, 5.74) is 5.71. The van der Waals surface area contributed by atoms with Crippen LogP contribution in [0.15, 0.2) is 18.2 Å². The van der Waals surface area contributed by atoms with Crippen molar-refractivity contribution >= 4 is 18.3 Å². The van der Waals surface area contributed by atoms with Crippen LogP contribution in [0.2, 0.25) is 0 Å². The zero-order valence-electron chi connectivity index (χ0n) is 12.4. The van der Waals surface area contributed by atoms with Gasteiger partial charge < -0.3 is 11.1 Å². The molecule has 0 spiro atoms. The number of nitrogens with one attached hydrogen (secondary N) is 1. The number of nitrogens with two attached hydrogens (primary N) is 1. The fourth-order valence-corrected chi connectivity index (χ4v) is 3.04. The smallest absolute Gasteiger partial charge is 0.224 e. The summed E-state index contributed by atoms with van der Waals surface area (Å²) in [6.07, 6.45) is 2.73. The molecule has 22 heavy (non-hydrogen) atoms. The Labute approximate surface area is 135 Å². The van der Waals surface area contributed by atoms with Crippen molar-refractivity contribution in [2.75, 3.05) is 6.54 Å². The lowest BCUT2D eigenvalue weighted by molar-refractivity contribution is -0.124. The van der Waals surface area contributed by atoms with Crippen LogP contribution < -0.4 is 11.1 Å². The Morgan fingerprint density at radius 1 is 1.41 bits per heavy atom. The Morgan fingerprint density at radius 2 is 2.09 bits per heavy atom. The average molecular weight is 331 g/mol. The van der Waals surface area contributed by atoms with Gasteiger partial charge in [0.05, 0.1) is 5.54 Å². The van der Waals surface area contributed by atoms with Gasteiger partial charge in [-0.25, -0.2) is 8.78 Å². The predicted molar refractivity (Wildman–Crippen MR) is 82.8 cm³/mol. The lowest BCUT2D eigenvalue weighted by Crippen LogP contribution is -2.53. The van der Waals surface area contributed by atoms with Crippen molar-refractivity contribution in [2.24, 2.45) is 17.6 Å². The first-order chi connectivity index (χ1) is 9.94. The van der Waals surface area contributed by atoms with E-state index in [1.54, 1.807) is 0 Å². The SMILES string of the molecule is CC(CN)(NC(=O)C1CC1c1cc(F)ccc1F)C1CC1.Cl. The first kappa shape index (κ1) is 17.2. The third-order valence-electron chi connectivity index (χ3n) is 4.80. The molecule has 2 aliphatic rings. The van der Waals surface area contributed by atoms with Crippen molar-refractivity contribution in [3.05, 3.63) is 35.4 Å². The standard InChI is InChI=1S/C16H20F2N2O.ClH/c1-16(8-19,9-2-3-9)20-15(21)13-7-11(13)12-6-10(17)4-5-14(12)18;/h4-6,9,11,13H,2-3,7-8,19H2,1H3,(H,20,21);1H. The number of halogens is 3. The highest BCUT2D eigenvalue weighted by Crippen LogP contribution is 2.49. The summed E-state index contributed by atoms with van der Waals surface area (Å²) in [6, 6.07) is 3.40. The second-order valence-electron chi connectivity index (χ2n) is 6.50. The highest BCUT2D eigenvalue weighted by atomic mass is 35.5. The van der Waals surface area contributed by atoms with E-state index in [0.29, 0.717) is 24.4 Å². The number of amides is 1. The van der Waals surface area contributed by atoms with Crippen molar-refractivity contribution in [3.8, 4) is 0 Å². The molecule has 1 aromatic rings. The molecule has 6 heteroatoms. The molecule has 2 saturated carbocycles. The first-order valence-corrected chi connectivity index (χ1v) is 7.41. The van der Waals surface area contributed by atoms with E-state index >= 15 is 0 Å². The first-order valence-electron chi connectivity index (χ1n) is 7.41. The largest absolute Gasteiger partial charge is 0.349 e. The van der Waals surface area contributed by atoms with Crippen molar-refractivity contribution in [3.63, 3.8) is 0 Å². The van der Waals surface area contributed by atoms with E-state index in [1.807, 2.05) is 6.92 Å². The molecular formula is C16H21ClF2N2O. The number of hydrogen-bond acceptors (Lipinski definition) is 2. The monoisotopic (exact) mass is 330 g/mol. The molecule has 0 bridgehead atoms. The van der Waals surface area contributed by atoms with Crippen LogP contribution in [0.5, 0.6) is 0 Å². The molecule has 1 amide bonds. The molecule has 0 aliphatic heterocycles. The van der Waals surface area contributed by atoms with Gasteiger partial charge in [0.25, 0.3) is 0 Å². The van der Waals surface area contributed by atoms with Gasteiger partial charge in [-0.2, -0.15) is 0 Å². The minimum absolute atomic E-state index is 0. The van der Waals surface area contributed by atoms with Gasteiger partial charge in [-0.05, 0) is 61.8 Å². The quantitative estimate of drug-likeness (QED) is 0.872. The number of rotatable bonds is 5. The van der Waals surface area contributed by atoms with Gasteiger partial charge in [0.2, 0.25) is 5.91 Å². The summed E-state index contributed by atoms with van der Waals surface area (Å²) in [5, 5.41) is 3.02. The summed E-state index contributed by atoms with van der Waals surface area (Å²) in [7, 11) is 0. The Balaban J connectivity index is 0.00000176. The zero-order chi connectivity index (χ0) is 15.2. The predicted octanol–water partition coefficient (Wildman–Crippen LogP) is 2.73. The normalized spacial score (nSPS) is 25.8. The van der Waals surface area contributed by atoms with E-state index in [1.165, 1.54) is 6.07 Å². The maximum atomic E-state index is 13.7. The van der Waals surface area contributed by atoms with Gasteiger partial charge in [-0.3, -0.25) is 4.79 Å². The van der Waals surface area contributed by atoms with E-state index in [0.717, 1.165) is 25.0 Å². The molecule has 1 aromatic carbocycles. The maximum Gasteiger partial charge on any atom is 0.224 e. The number of benzene rings is 1. The number of hydrogen-bond donors (Lipinski definition) is 2. The maximum absolute atomic E-state index is 13.7. The fraction of sp³-hybridized carbons (Fsp3) is 0.562. The topological polar surface area (TPSA) is 55.1 Å². The van der Waals surface area contributed by atoms with Gasteiger partial charge in [0, 0.05) is 12.5 Å². The van der Waals surface area contributed by atoms with Crippen LogP contribution in [0.25, 0.3) is 0 Å². The Bertz CT molecular complexity index is 579. The molecule has 0 saturated heterocycles. The highest BCUT2D eigenvalue weighted by Gasteiger charge is 2.49. The second-order valence-corrected chi connectivity index (χ2v) is 6.50. The molecule has 0 aromatic heterocycles. The molecule has 122 valence electrons. The molecule has 0 radical (unpaired) electrons. The molecule has 3 rings (SSSR count). The summed E-state index contributed by atoms with van der Waals surface area (Å²) in [4.78, 5) is 12.3. The minimum atomic E-state index is -0.470. The van der Waals surface area contributed by atoms with Gasteiger partial charge in [-0.1, -0.05) is 0 Å². The van der Waals surface area contributed by atoms with Crippen LogP contribution in [0, 0.1) is 23.5 Å². The summed E-state index contributed by atoms with van der Waals surface area (Å²) in [5.74, 6) is -1.06. The van der Waals surface area contributed by atoms with E-state index in [4.69, 9.17) is 5.73 Å². The molecule has 2 fully saturated rings. The summed E-state index contributed by atoms with van der Waals surface area (Å²) < 4.78 is 26.9. The molecule has 3 nitrogen and oxygen atoms in total. The van der Waals surface area contributed by atoms with Crippen molar-refractivity contribution in [1.29, 1.82) is 0 Å². The molecule has 0 heterocycles. The van der Waals surface area contributed by atoms with Crippen LogP contribution in [0.4, 0.5) is 8.78 Å². The van der Waals surface area contributed by atoms with Gasteiger partial charge in [0.15, 0.2) is 0 Å². The number of carbonyl (C=O) groups excluding carboxylic acids is 1. The summed E-state index contributed by atoms with van der Waals surface area (Å²) in [6.45, 7) is 2.36. The average Bonchev–Trinajstić information content (AvgIpc) is 3.32. The lowest BCUT2D eigenvalue weighted by Gasteiger charge is -2.29. The van der Waals surface area contributed by atoms with Gasteiger partial charge in [-0.15, -0.1) is 12.4 Å². The molecule has 3 N–H and O–H groups in total.